The molecule has 1 amide bonds. The maximum Gasteiger partial charge on any atom is 0.224 e. The van der Waals surface area contributed by atoms with Crippen LogP contribution in [-0.4, -0.2) is 17.6 Å². The van der Waals surface area contributed by atoms with Gasteiger partial charge in [0.1, 0.15) is 11.9 Å². The predicted molar refractivity (Wildman–Crippen MR) is 89.9 cm³/mol. The first kappa shape index (κ1) is 15.6. The van der Waals surface area contributed by atoms with Crippen LogP contribution in [0.15, 0.2) is 54.6 Å². The van der Waals surface area contributed by atoms with E-state index in [1.807, 2.05) is 30.3 Å². The molecule has 2 aromatic carbocycles. The summed E-state index contributed by atoms with van der Waals surface area (Å²) >= 11 is 1.50. The van der Waals surface area contributed by atoms with E-state index in [4.69, 9.17) is 0 Å². The monoisotopic (exact) mass is 329 g/mol. The lowest BCUT2D eigenvalue weighted by molar-refractivity contribution is -0.120. The summed E-state index contributed by atoms with van der Waals surface area (Å²) < 4.78 is 14.6. The quantitative estimate of drug-likeness (QED) is 0.753. The van der Waals surface area contributed by atoms with Crippen LogP contribution in [0, 0.1) is 5.82 Å². The zero-order chi connectivity index (χ0) is 16.2. The number of aliphatic hydroxyl groups is 1. The van der Waals surface area contributed by atoms with Crippen LogP contribution in [-0.2, 0) is 11.2 Å². The number of carbonyl (C=O) groups excluding carboxylic acids is 1. The number of halogens is 1. The SMILES string of the molecule is O=C(Cc1ccccc1F)NCC(O)c1cc2ccccc2s1. The third kappa shape index (κ3) is 3.75. The summed E-state index contributed by atoms with van der Waals surface area (Å²) in [6, 6.07) is 16.0. The Balaban J connectivity index is 1.59. The average molecular weight is 329 g/mol. The van der Waals surface area contributed by atoms with Crippen LogP contribution in [0.2, 0.25) is 0 Å². The summed E-state index contributed by atoms with van der Waals surface area (Å²) in [6.45, 7) is 0.111. The molecule has 2 N–H and O–H groups in total. The van der Waals surface area contributed by atoms with E-state index in [1.165, 1.54) is 17.4 Å². The molecule has 0 aliphatic carbocycles. The van der Waals surface area contributed by atoms with Gasteiger partial charge in [-0.3, -0.25) is 4.79 Å². The van der Waals surface area contributed by atoms with Crippen LogP contribution < -0.4 is 5.32 Å². The van der Waals surface area contributed by atoms with Crippen LogP contribution in [0.25, 0.3) is 10.1 Å². The number of amides is 1. The molecule has 5 heteroatoms. The number of hydrogen-bond acceptors (Lipinski definition) is 3. The minimum absolute atomic E-state index is 0.0359. The molecule has 1 atom stereocenters. The van der Waals surface area contributed by atoms with E-state index in [-0.39, 0.29) is 18.9 Å². The highest BCUT2D eigenvalue weighted by atomic mass is 32.1. The molecule has 3 aromatic rings. The van der Waals surface area contributed by atoms with Crippen molar-refractivity contribution < 1.29 is 14.3 Å². The molecule has 1 unspecified atom stereocenters. The summed E-state index contributed by atoms with van der Waals surface area (Å²) in [5, 5.41) is 13.9. The fourth-order valence-electron chi connectivity index (χ4n) is 2.35. The molecule has 0 aliphatic rings. The third-order valence-electron chi connectivity index (χ3n) is 3.57. The van der Waals surface area contributed by atoms with E-state index < -0.39 is 11.9 Å². The number of fused-ring (bicyclic) bond motifs is 1. The Kier molecular flexibility index (Phi) is 4.69. The second-order valence-electron chi connectivity index (χ2n) is 5.27. The molecule has 0 bridgehead atoms. The zero-order valence-electron chi connectivity index (χ0n) is 12.3. The van der Waals surface area contributed by atoms with Crippen molar-refractivity contribution in [3.8, 4) is 0 Å². The number of nitrogens with one attached hydrogen (secondary N) is 1. The maximum atomic E-state index is 13.5. The van der Waals surface area contributed by atoms with Crippen molar-refractivity contribution in [3.63, 3.8) is 0 Å². The number of thiophene rings is 1. The fraction of sp³-hybridized carbons (Fsp3) is 0.167. The van der Waals surface area contributed by atoms with E-state index in [0.717, 1.165) is 15.0 Å². The molecule has 23 heavy (non-hydrogen) atoms. The van der Waals surface area contributed by atoms with Gasteiger partial charge in [-0.25, -0.2) is 4.39 Å². The van der Waals surface area contributed by atoms with Crippen molar-refractivity contribution >= 4 is 27.3 Å². The van der Waals surface area contributed by atoms with Gasteiger partial charge >= 0.3 is 0 Å². The largest absolute Gasteiger partial charge is 0.386 e. The van der Waals surface area contributed by atoms with Crippen LogP contribution >= 0.6 is 11.3 Å². The number of aliphatic hydroxyl groups excluding tert-OH is 1. The van der Waals surface area contributed by atoms with Crippen molar-refractivity contribution in [1.82, 2.24) is 5.32 Å². The molecule has 1 heterocycles. The molecule has 0 saturated carbocycles. The van der Waals surface area contributed by atoms with Crippen LogP contribution in [0.3, 0.4) is 0 Å². The molecule has 0 aliphatic heterocycles. The number of hydrogen-bond donors (Lipinski definition) is 2. The molecular formula is C18H16FNO2S. The van der Waals surface area contributed by atoms with Crippen molar-refractivity contribution in [2.45, 2.75) is 12.5 Å². The lowest BCUT2D eigenvalue weighted by atomic mass is 10.1. The lowest BCUT2D eigenvalue weighted by Crippen LogP contribution is -2.29. The summed E-state index contributed by atoms with van der Waals surface area (Å²) in [6.07, 6.45) is -0.803. The second-order valence-corrected chi connectivity index (χ2v) is 6.39. The van der Waals surface area contributed by atoms with Gasteiger partial charge in [-0.2, -0.15) is 0 Å². The third-order valence-corrected chi connectivity index (χ3v) is 4.79. The molecule has 3 nitrogen and oxygen atoms in total. The second kappa shape index (κ2) is 6.89. The van der Waals surface area contributed by atoms with Crippen molar-refractivity contribution in [2.24, 2.45) is 0 Å². The summed E-state index contributed by atoms with van der Waals surface area (Å²) in [5.74, 6) is -0.706. The van der Waals surface area contributed by atoms with Gasteiger partial charge < -0.3 is 10.4 Å². The van der Waals surface area contributed by atoms with Crippen molar-refractivity contribution in [3.05, 3.63) is 70.9 Å². The number of rotatable bonds is 5. The first-order valence-corrected chi connectivity index (χ1v) is 8.12. The van der Waals surface area contributed by atoms with Crippen molar-refractivity contribution in [2.75, 3.05) is 6.54 Å². The van der Waals surface area contributed by atoms with Gasteiger partial charge in [-0.05, 0) is 29.1 Å². The number of benzene rings is 2. The molecule has 118 valence electrons. The highest BCUT2D eigenvalue weighted by Gasteiger charge is 2.13. The standard InChI is InChI=1S/C18H16FNO2S/c19-14-7-3-1-5-12(14)10-18(22)20-11-15(21)17-9-13-6-2-4-8-16(13)23-17/h1-9,15,21H,10-11H2,(H,20,22). The molecule has 0 saturated heterocycles. The Hall–Kier alpha value is -2.24. The van der Waals surface area contributed by atoms with Crippen molar-refractivity contribution in [1.29, 1.82) is 0 Å². The highest BCUT2D eigenvalue weighted by Crippen LogP contribution is 2.29. The van der Waals surface area contributed by atoms with Gasteiger partial charge in [-0.15, -0.1) is 11.3 Å². The van der Waals surface area contributed by atoms with E-state index >= 15 is 0 Å². The minimum atomic E-state index is -0.767. The number of carbonyl (C=O) groups is 1. The van der Waals surface area contributed by atoms with Gasteiger partial charge in [0.05, 0.1) is 6.42 Å². The van der Waals surface area contributed by atoms with E-state index in [9.17, 15) is 14.3 Å². The normalized spacial score (nSPS) is 12.3. The Morgan fingerprint density at radius 1 is 1.17 bits per heavy atom. The minimum Gasteiger partial charge on any atom is -0.386 e. The van der Waals surface area contributed by atoms with Gasteiger partial charge in [-0.1, -0.05) is 36.4 Å². The summed E-state index contributed by atoms with van der Waals surface area (Å²) in [4.78, 5) is 12.7. The first-order valence-electron chi connectivity index (χ1n) is 7.30. The van der Waals surface area contributed by atoms with E-state index in [1.54, 1.807) is 18.2 Å². The van der Waals surface area contributed by atoms with Crippen LogP contribution in [0.4, 0.5) is 4.39 Å². The lowest BCUT2D eigenvalue weighted by Gasteiger charge is -2.10. The van der Waals surface area contributed by atoms with Crippen LogP contribution in [0.1, 0.15) is 16.5 Å². The summed E-state index contributed by atoms with van der Waals surface area (Å²) in [5.41, 5.74) is 0.348. The molecule has 3 rings (SSSR count). The Morgan fingerprint density at radius 3 is 2.70 bits per heavy atom. The smallest absolute Gasteiger partial charge is 0.224 e. The fourth-order valence-corrected chi connectivity index (χ4v) is 3.41. The highest BCUT2D eigenvalue weighted by molar-refractivity contribution is 7.19. The van der Waals surface area contributed by atoms with Gasteiger partial charge in [0.2, 0.25) is 5.91 Å². The molecule has 0 radical (unpaired) electrons. The van der Waals surface area contributed by atoms with Gasteiger partial charge in [0.25, 0.3) is 0 Å². The Morgan fingerprint density at radius 2 is 1.91 bits per heavy atom. The van der Waals surface area contributed by atoms with Gasteiger partial charge in [0, 0.05) is 16.1 Å². The van der Waals surface area contributed by atoms with E-state index in [0.29, 0.717) is 5.56 Å². The van der Waals surface area contributed by atoms with Crippen LogP contribution in [0.5, 0.6) is 0 Å². The predicted octanol–water partition coefficient (Wildman–Crippen LogP) is 3.43. The Bertz CT molecular complexity index is 798. The summed E-state index contributed by atoms with van der Waals surface area (Å²) in [7, 11) is 0. The van der Waals surface area contributed by atoms with E-state index in [2.05, 4.69) is 5.32 Å². The first-order chi connectivity index (χ1) is 11.1. The zero-order valence-corrected chi connectivity index (χ0v) is 13.1. The average Bonchev–Trinajstić information content (AvgIpc) is 2.99. The Labute approximate surface area is 137 Å². The van der Waals surface area contributed by atoms with Gasteiger partial charge in [0.15, 0.2) is 0 Å². The topological polar surface area (TPSA) is 49.3 Å². The molecule has 0 spiro atoms. The molecule has 1 aromatic heterocycles. The maximum absolute atomic E-state index is 13.5. The molecule has 0 fully saturated rings. The molecular weight excluding hydrogens is 313 g/mol.